The van der Waals surface area contributed by atoms with Crippen LogP contribution in [0.3, 0.4) is 0 Å². The molecule has 7 rings (SSSR count). The van der Waals surface area contributed by atoms with Crippen LogP contribution in [0.15, 0.2) is 42.7 Å². The first-order valence-corrected chi connectivity index (χ1v) is 16.7. The van der Waals surface area contributed by atoms with E-state index >= 15 is 0 Å². The molecule has 1 amide bonds. The Morgan fingerprint density at radius 1 is 1.15 bits per heavy atom. The Labute approximate surface area is 283 Å². The predicted octanol–water partition coefficient (Wildman–Crippen LogP) is 4.89. The summed E-state index contributed by atoms with van der Waals surface area (Å²) in [7, 11) is 1.75. The highest BCUT2D eigenvalue weighted by Gasteiger charge is 2.47. The van der Waals surface area contributed by atoms with Gasteiger partial charge in [-0.15, -0.1) is 0 Å². The van der Waals surface area contributed by atoms with E-state index in [4.69, 9.17) is 31.0 Å². The molecule has 3 aromatic rings. The summed E-state index contributed by atoms with van der Waals surface area (Å²) in [4.78, 5) is 30.4. The maximum Gasteiger partial charge on any atom is 0.318 e. The van der Waals surface area contributed by atoms with Crippen molar-refractivity contribution in [2.45, 2.75) is 44.4 Å². The Hall–Kier alpha value is -4.05. The fourth-order valence-electron chi connectivity index (χ4n) is 7.24. The Kier molecular flexibility index (Phi) is 8.87. The van der Waals surface area contributed by atoms with Crippen molar-refractivity contribution >= 4 is 39.8 Å². The molecule has 2 aromatic carbocycles. The molecule has 0 N–H and O–H groups in total. The molecule has 2 saturated heterocycles. The van der Waals surface area contributed by atoms with Gasteiger partial charge in [-0.3, -0.25) is 9.69 Å². The molecule has 0 bridgehead atoms. The standard InChI is InChI=1S/C35H38ClF2N7O3/c1-22(37)33(46)45-15-14-44(16-24(45)8-12-39)32-26-9-13-43(29-5-3-4-23-6-7-27(38)31(36)30(23)29)19-28(26)40-34(41-32)48-21-35(10-11-35)20-42-17-25(18-42)47-2/h3-7,24-25H,1,8-11,13-21H2,2H3/t24-/m0/s1. The second-order valence-electron chi connectivity index (χ2n) is 13.4. The van der Waals surface area contributed by atoms with Crippen molar-refractivity contribution in [3.8, 4) is 12.1 Å². The van der Waals surface area contributed by atoms with Crippen molar-refractivity contribution in [2.75, 3.05) is 69.3 Å². The first kappa shape index (κ1) is 32.5. The Morgan fingerprint density at radius 3 is 2.69 bits per heavy atom. The molecule has 1 atom stereocenters. The summed E-state index contributed by atoms with van der Waals surface area (Å²) in [6.07, 6.45) is 3.06. The summed E-state index contributed by atoms with van der Waals surface area (Å²) in [6, 6.07) is 10.8. The highest BCUT2D eigenvalue weighted by atomic mass is 35.5. The monoisotopic (exact) mass is 677 g/mol. The van der Waals surface area contributed by atoms with E-state index in [1.807, 2.05) is 18.2 Å². The van der Waals surface area contributed by atoms with Gasteiger partial charge in [-0.05, 0) is 36.8 Å². The lowest BCUT2D eigenvalue weighted by atomic mass is 10.0. The number of hydrogen-bond acceptors (Lipinski definition) is 9. The minimum Gasteiger partial charge on any atom is -0.463 e. The lowest BCUT2D eigenvalue weighted by molar-refractivity contribution is -0.131. The van der Waals surface area contributed by atoms with Gasteiger partial charge in [0, 0.05) is 75.0 Å². The van der Waals surface area contributed by atoms with Gasteiger partial charge >= 0.3 is 6.01 Å². The van der Waals surface area contributed by atoms with Crippen molar-refractivity contribution in [3.05, 3.63) is 64.8 Å². The predicted molar refractivity (Wildman–Crippen MR) is 178 cm³/mol. The Balaban J connectivity index is 1.19. The second kappa shape index (κ2) is 13.1. The lowest BCUT2D eigenvalue weighted by Gasteiger charge is -2.42. The molecule has 13 heteroatoms. The number of fused-ring (bicyclic) bond motifs is 2. The molecule has 1 aromatic heterocycles. The van der Waals surface area contributed by atoms with E-state index in [9.17, 15) is 18.8 Å². The van der Waals surface area contributed by atoms with Gasteiger partial charge in [-0.25, -0.2) is 8.78 Å². The normalized spacial score (nSPS) is 20.6. The van der Waals surface area contributed by atoms with E-state index < -0.39 is 23.6 Å². The van der Waals surface area contributed by atoms with Gasteiger partial charge in [0.15, 0.2) is 5.83 Å². The molecule has 3 fully saturated rings. The van der Waals surface area contributed by atoms with Crippen molar-refractivity contribution < 1.29 is 23.0 Å². The number of carbonyl (C=O) groups is 1. The van der Waals surface area contributed by atoms with Gasteiger partial charge in [-0.1, -0.05) is 36.4 Å². The molecular weight excluding hydrogens is 640 g/mol. The van der Waals surface area contributed by atoms with Crippen molar-refractivity contribution in [2.24, 2.45) is 5.41 Å². The molecule has 0 unspecified atom stereocenters. The zero-order valence-corrected chi connectivity index (χ0v) is 27.7. The highest BCUT2D eigenvalue weighted by molar-refractivity contribution is 6.36. The van der Waals surface area contributed by atoms with Crippen LogP contribution in [0.5, 0.6) is 6.01 Å². The third kappa shape index (κ3) is 6.27. The van der Waals surface area contributed by atoms with Gasteiger partial charge in [0.2, 0.25) is 0 Å². The van der Waals surface area contributed by atoms with Crippen LogP contribution in [0, 0.1) is 22.6 Å². The summed E-state index contributed by atoms with van der Waals surface area (Å²) in [5.41, 5.74) is 2.61. The molecule has 1 saturated carbocycles. The SMILES string of the molecule is C=C(F)C(=O)N1CCN(c2nc(OCC3(CN4CC(OC)C4)CC3)nc3c2CCN(c2cccc4ccc(F)c(Cl)c24)C3)C[C@@H]1CC#N. The number of carbonyl (C=O) groups excluding carboxylic acids is 1. The van der Waals surface area contributed by atoms with E-state index in [1.165, 1.54) is 11.0 Å². The van der Waals surface area contributed by atoms with Crippen LogP contribution >= 0.6 is 11.6 Å². The van der Waals surface area contributed by atoms with Gasteiger partial charge in [0.25, 0.3) is 5.91 Å². The largest absolute Gasteiger partial charge is 0.463 e. The molecule has 4 aliphatic rings. The first-order chi connectivity index (χ1) is 23.2. The van der Waals surface area contributed by atoms with E-state index in [0.717, 1.165) is 54.8 Å². The molecule has 0 spiro atoms. The van der Waals surface area contributed by atoms with Crippen LogP contribution in [0.25, 0.3) is 10.8 Å². The molecular formula is C35H38ClF2N7O3. The fourth-order valence-corrected chi connectivity index (χ4v) is 7.51. The number of piperazine rings is 1. The number of methoxy groups -OCH3 is 1. The third-order valence-electron chi connectivity index (χ3n) is 10.2. The van der Waals surface area contributed by atoms with Gasteiger partial charge < -0.3 is 24.2 Å². The number of hydrogen-bond donors (Lipinski definition) is 0. The van der Waals surface area contributed by atoms with Crippen molar-refractivity contribution in [1.29, 1.82) is 5.26 Å². The molecule has 4 heterocycles. The highest BCUT2D eigenvalue weighted by Crippen LogP contribution is 2.47. The summed E-state index contributed by atoms with van der Waals surface area (Å²) in [5, 5.41) is 11.1. The first-order valence-electron chi connectivity index (χ1n) is 16.4. The number of anilines is 2. The van der Waals surface area contributed by atoms with Crippen LogP contribution in [0.4, 0.5) is 20.3 Å². The van der Waals surface area contributed by atoms with Crippen LogP contribution in [0.2, 0.25) is 5.02 Å². The molecule has 10 nitrogen and oxygen atoms in total. The average Bonchev–Trinajstić information content (AvgIpc) is 3.85. The summed E-state index contributed by atoms with van der Waals surface area (Å²) < 4.78 is 40.3. The Morgan fingerprint density at radius 2 is 1.96 bits per heavy atom. The number of rotatable bonds is 10. The van der Waals surface area contributed by atoms with Gasteiger partial charge in [0.1, 0.15) is 11.6 Å². The lowest BCUT2D eigenvalue weighted by Crippen LogP contribution is -2.55. The summed E-state index contributed by atoms with van der Waals surface area (Å²) in [6.45, 7) is 8.39. The third-order valence-corrected chi connectivity index (χ3v) is 10.5. The number of halogens is 3. The quantitative estimate of drug-likeness (QED) is 0.278. The van der Waals surface area contributed by atoms with E-state index in [1.54, 1.807) is 13.2 Å². The minimum atomic E-state index is -1.04. The van der Waals surface area contributed by atoms with Crippen LogP contribution in [-0.4, -0.2) is 97.4 Å². The Bertz CT molecular complexity index is 1790. The summed E-state index contributed by atoms with van der Waals surface area (Å²) in [5.74, 6) is -1.61. The number of likely N-dealkylation sites (tertiary alicyclic amines) is 1. The number of benzene rings is 2. The maximum atomic E-state index is 14.6. The van der Waals surface area contributed by atoms with Gasteiger partial charge in [0.05, 0.1) is 48.5 Å². The maximum absolute atomic E-state index is 14.6. The molecule has 3 aliphatic heterocycles. The van der Waals surface area contributed by atoms with Crippen LogP contribution in [-0.2, 0) is 22.5 Å². The summed E-state index contributed by atoms with van der Waals surface area (Å²) >= 11 is 6.51. The zero-order chi connectivity index (χ0) is 33.6. The number of aromatic nitrogens is 2. The zero-order valence-electron chi connectivity index (χ0n) is 26.9. The molecule has 0 radical (unpaired) electrons. The molecule has 1 aliphatic carbocycles. The van der Waals surface area contributed by atoms with E-state index in [2.05, 4.69) is 27.3 Å². The molecule has 48 heavy (non-hydrogen) atoms. The van der Waals surface area contributed by atoms with E-state index in [-0.39, 0.29) is 35.5 Å². The smallest absolute Gasteiger partial charge is 0.318 e. The van der Waals surface area contributed by atoms with Gasteiger partial charge in [-0.2, -0.15) is 15.2 Å². The van der Waals surface area contributed by atoms with Crippen molar-refractivity contribution in [3.63, 3.8) is 0 Å². The topological polar surface area (TPSA) is 98.1 Å². The number of amides is 1. The number of nitrogens with zero attached hydrogens (tertiary/aromatic N) is 7. The number of nitriles is 1. The van der Waals surface area contributed by atoms with Crippen molar-refractivity contribution in [1.82, 2.24) is 19.8 Å². The number of ether oxygens (including phenoxy) is 2. The minimum absolute atomic E-state index is 0.0429. The second-order valence-corrected chi connectivity index (χ2v) is 13.7. The molecule has 252 valence electrons. The average molecular weight is 678 g/mol. The van der Waals surface area contributed by atoms with E-state index in [0.29, 0.717) is 50.4 Å². The fraction of sp³-hybridized carbons (Fsp3) is 0.486. The van der Waals surface area contributed by atoms with Crippen LogP contribution < -0.4 is 14.5 Å². The van der Waals surface area contributed by atoms with Crippen LogP contribution in [0.1, 0.15) is 30.5 Å².